The van der Waals surface area contributed by atoms with Crippen molar-refractivity contribution in [1.29, 1.82) is 0 Å². The highest BCUT2D eigenvalue weighted by Gasteiger charge is 2.13. The fraction of sp³-hybridized carbons (Fsp3) is 0.167. The van der Waals surface area contributed by atoms with Gasteiger partial charge >= 0.3 is 0 Å². The molecule has 0 bridgehead atoms. The van der Waals surface area contributed by atoms with Gasteiger partial charge in [0, 0.05) is 12.1 Å². The van der Waals surface area contributed by atoms with Crippen LogP contribution in [0.3, 0.4) is 0 Å². The third kappa shape index (κ3) is 5.42. The number of hydrogen-bond acceptors (Lipinski definition) is 3. The van der Waals surface area contributed by atoms with Gasteiger partial charge in [0.05, 0.1) is 21.3 Å². The summed E-state index contributed by atoms with van der Waals surface area (Å²) in [5, 5.41) is 8.92. The van der Waals surface area contributed by atoms with Crippen LogP contribution in [0.1, 0.15) is 29.3 Å². The molecule has 0 saturated heterocycles. The van der Waals surface area contributed by atoms with E-state index in [0.29, 0.717) is 33.4 Å². The van der Waals surface area contributed by atoms with E-state index in [9.17, 15) is 9.59 Å². The van der Waals surface area contributed by atoms with Crippen LogP contribution in [0.25, 0.3) is 0 Å². The quantitative estimate of drug-likeness (QED) is 0.635. The molecule has 26 heavy (non-hydrogen) atoms. The van der Waals surface area contributed by atoms with Gasteiger partial charge in [-0.3, -0.25) is 14.9 Å². The molecular weight excluding hydrogens is 393 g/mol. The molecule has 2 aromatic carbocycles. The van der Waals surface area contributed by atoms with Crippen LogP contribution in [-0.4, -0.2) is 16.9 Å². The highest BCUT2D eigenvalue weighted by molar-refractivity contribution is 7.80. The molecule has 0 radical (unpaired) electrons. The number of carbonyl (C=O) groups excluding carboxylic acids is 2. The average molecular weight is 410 g/mol. The summed E-state index contributed by atoms with van der Waals surface area (Å²) in [6, 6.07) is 10.0. The summed E-state index contributed by atoms with van der Waals surface area (Å²) in [6.07, 6.45) is 0.358. The first-order chi connectivity index (χ1) is 12.3. The summed E-state index contributed by atoms with van der Waals surface area (Å²) in [6.45, 7) is 3.64. The summed E-state index contributed by atoms with van der Waals surface area (Å²) in [5.74, 6) is -0.553. The Bertz CT molecular complexity index is 872. The van der Waals surface area contributed by atoms with E-state index in [0.717, 1.165) is 5.56 Å². The Morgan fingerprint density at radius 1 is 1.04 bits per heavy atom. The monoisotopic (exact) mass is 409 g/mol. The molecule has 0 aliphatic heterocycles. The van der Waals surface area contributed by atoms with E-state index in [4.69, 9.17) is 35.4 Å². The first kappa shape index (κ1) is 20.2. The number of thiocarbonyl (C=S) groups is 1. The standard InChI is InChI=1S/C18H17Cl2N3O2S/c1-3-16(24)21-11-5-7-13(19)15(9-11)22-18(26)23-17(25)12-6-4-10(2)8-14(12)20/h4-9H,3H2,1-2H3,(H,21,24)(H2,22,23,25,26). The molecule has 5 nitrogen and oxygen atoms in total. The van der Waals surface area contributed by atoms with E-state index in [1.54, 1.807) is 43.3 Å². The molecule has 2 amide bonds. The maximum Gasteiger partial charge on any atom is 0.258 e. The number of carbonyl (C=O) groups is 2. The topological polar surface area (TPSA) is 70.2 Å². The van der Waals surface area contributed by atoms with Gasteiger partial charge in [-0.2, -0.15) is 0 Å². The van der Waals surface area contributed by atoms with Crippen LogP contribution >= 0.6 is 35.4 Å². The molecule has 8 heteroatoms. The molecule has 0 aromatic heterocycles. The van der Waals surface area contributed by atoms with Crippen molar-refractivity contribution in [2.24, 2.45) is 0 Å². The lowest BCUT2D eigenvalue weighted by Crippen LogP contribution is -2.34. The Morgan fingerprint density at radius 3 is 2.42 bits per heavy atom. The van der Waals surface area contributed by atoms with Crippen LogP contribution in [0.5, 0.6) is 0 Å². The Labute approximate surface area is 167 Å². The van der Waals surface area contributed by atoms with E-state index in [1.807, 2.05) is 6.92 Å². The van der Waals surface area contributed by atoms with Gasteiger partial charge in [0.1, 0.15) is 0 Å². The lowest BCUT2D eigenvalue weighted by atomic mass is 10.1. The summed E-state index contributed by atoms with van der Waals surface area (Å²) < 4.78 is 0. The molecule has 3 N–H and O–H groups in total. The van der Waals surface area contributed by atoms with Crippen LogP contribution in [-0.2, 0) is 4.79 Å². The van der Waals surface area contributed by atoms with Crippen molar-refractivity contribution in [3.05, 3.63) is 57.6 Å². The minimum atomic E-state index is -0.431. The van der Waals surface area contributed by atoms with E-state index in [2.05, 4.69) is 16.0 Å². The Balaban J connectivity index is 2.08. The normalized spacial score (nSPS) is 10.2. The van der Waals surface area contributed by atoms with Gasteiger partial charge in [0.25, 0.3) is 5.91 Å². The van der Waals surface area contributed by atoms with E-state index >= 15 is 0 Å². The number of anilines is 2. The maximum atomic E-state index is 12.3. The lowest BCUT2D eigenvalue weighted by Gasteiger charge is -2.13. The first-order valence-electron chi connectivity index (χ1n) is 7.78. The molecular formula is C18H17Cl2N3O2S. The fourth-order valence-electron chi connectivity index (χ4n) is 2.08. The highest BCUT2D eigenvalue weighted by atomic mass is 35.5. The molecule has 0 aliphatic rings. The molecule has 2 rings (SSSR count). The molecule has 2 aromatic rings. The number of amides is 2. The summed E-state index contributed by atoms with van der Waals surface area (Å²) in [4.78, 5) is 23.8. The van der Waals surface area contributed by atoms with E-state index < -0.39 is 5.91 Å². The highest BCUT2D eigenvalue weighted by Crippen LogP contribution is 2.26. The van der Waals surface area contributed by atoms with Crippen molar-refractivity contribution >= 4 is 63.7 Å². The average Bonchev–Trinajstić information content (AvgIpc) is 2.57. The van der Waals surface area contributed by atoms with Gasteiger partial charge in [0.2, 0.25) is 5.91 Å². The van der Waals surface area contributed by atoms with Crippen LogP contribution < -0.4 is 16.0 Å². The number of rotatable bonds is 4. The molecule has 0 spiro atoms. The second kappa shape index (κ2) is 8.98. The third-order valence-electron chi connectivity index (χ3n) is 3.42. The summed E-state index contributed by atoms with van der Waals surface area (Å²) in [5.41, 5.74) is 2.29. The zero-order valence-electron chi connectivity index (χ0n) is 14.2. The molecule has 0 atom stereocenters. The van der Waals surface area contributed by atoms with E-state index in [1.165, 1.54) is 0 Å². The zero-order chi connectivity index (χ0) is 19.3. The molecule has 0 saturated carbocycles. The number of nitrogens with one attached hydrogen (secondary N) is 3. The smallest absolute Gasteiger partial charge is 0.258 e. The SMILES string of the molecule is CCC(=O)Nc1ccc(Cl)c(NC(=S)NC(=O)c2ccc(C)cc2Cl)c1. The number of hydrogen-bond donors (Lipinski definition) is 3. The van der Waals surface area contributed by atoms with Crippen molar-refractivity contribution in [2.75, 3.05) is 10.6 Å². The lowest BCUT2D eigenvalue weighted by molar-refractivity contribution is -0.115. The predicted molar refractivity (Wildman–Crippen MR) is 110 cm³/mol. The number of halogens is 2. The Kier molecular flexibility index (Phi) is 6.97. The van der Waals surface area contributed by atoms with E-state index in [-0.39, 0.29) is 11.0 Å². The maximum absolute atomic E-state index is 12.3. The summed E-state index contributed by atoms with van der Waals surface area (Å²) >= 11 is 17.4. The second-order valence-corrected chi connectivity index (χ2v) is 6.71. The van der Waals surface area contributed by atoms with Gasteiger partial charge in [-0.25, -0.2) is 0 Å². The number of aryl methyl sites for hydroxylation is 1. The van der Waals surface area contributed by atoms with Crippen molar-refractivity contribution < 1.29 is 9.59 Å². The van der Waals surface area contributed by atoms with Gasteiger partial charge < -0.3 is 10.6 Å². The second-order valence-electron chi connectivity index (χ2n) is 5.49. The zero-order valence-corrected chi connectivity index (χ0v) is 16.5. The minimum Gasteiger partial charge on any atom is -0.331 e. The third-order valence-corrected chi connectivity index (χ3v) is 4.26. The van der Waals surface area contributed by atoms with Crippen LogP contribution in [0.15, 0.2) is 36.4 Å². The number of benzene rings is 2. The van der Waals surface area contributed by atoms with Crippen molar-refractivity contribution in [3.8, 4) is 0 Å². The molecule has 0 heterocycles. The van der Waals surface area contributed by atoms with Crippen LogP contribution in [0.2, 0.25) is 10.0 Å². The van der Waals surface area contributed by atoms with Gasteiger partial charge in [-0.1, -0.05) is 36.2 Å². The molecule has 0 unspecified atom stereocenters. The predicted octanol–water partition coefficient (Wildman–Crippen LogP) is 4.78. The van der Waals surface area contributed by atoms with Crippen molar-refractivity contribution in [2.45, 2.75) is 20.3 Å². The minimum absolute atomic E-state index is 0.0625. The van der Waals surface area contributed by atoms with Crippen LogP contribution in [0.4, 0.5) is 11.4 Å². The first-order valence-corrected chi connectivity index (χ1v) is 8.94. The fourth-order valence-corrected chi connectivity index (χ4v) is 2.76. The van der Waals surface area contributed by atoms with Crippen molar-refractivity contribution in [1.82, 2.24) is 5.32 Å². The molecule has 0 fully saturated rings. The van der Waals surface area contributed by atoms with Gasteiger partial charge in [-0.05, 0) is 55.0 Å². The van der Waals surface area contributed by atoms with Crippen LogP contribution in [0, 0.1) is 6.92 Å². The largest absolute Gasteiger partial charge is 0.331 e. The summed E-state index contributed by atoms with van der Waals surface area (Å²) in [7, 11) is 0. The Hall–Kier alpha value is -2.15. The van der Waals surface area contributed by atoms with Crippen molar-refractivity contribution in [3.63, 3.8) is 0 Å². The molecule has 0 aliphatic carbocycles. The van der Waals surface area contributed by atoms with Gasteiger partial charge in [0.15, 0.2) is 5.11 Å². The molecule has 136 valence electrons. The van der Waals surface area contributed by atoms with Gasteiger partial charge in [-0.15, -0.1) is 0 Å². The Morgan fingerprint density at radius 2 is 1.77 bits per heavy atom.